The van der Waals surface area contributed by atoms with Crippen LogP contribution in [0.2, 0.25) is 10.0 Å². The molecule has 4 nitrogen and oxygen atoms in total. The first-order chi connectivity index (χ1) is 12.0. The minimum Gasteiger partial charge on any atom is -0.492 e. The predicted octanol–water partition coefficient (Wildman–Crippen LogP) is 5.88. The molecule has 0 spiro atoms. The fraction of sp³-hybridized carbons (Fsp3) is 0.368. The van der Waals surface area contributed by atoms with Crippen molar-refractivity contribution in [2.75, 3.05) is 11.3 Å². The Balaban J connectivity index is 2.48. The zero-order chi connectivity index (χ0) is 19.5. The van der Waals surface area contributed by atoms with Crippen LogP contribution in [0.3, 0.4) is 0 Å². The molecule has 0 saturated carbocycles. The summed E-state index contributed by atoms with van der Waals surface area (Å²) >= 11 is 11.9. The van der Waals surface area contributed by atoms with E-state index in [0.717, 1.165) is 12.0 Å². The number of halogens is 2. The summed E-state index contributed by atoms with van der Waals surface area (Å²) < 4.78 is 34.2. The van der Waals surface area contributed by atoms with Crippen LogP contribution in [0, 0.1) is 0 Å². The minimum atomic E-state index is -3.86. The van der Waals surface area contributed by atoms with Gasteiger partial charge in [0.15, 0.2) is 0 Å². The second-order valence-corrected chi connectivity index (χ2v) is 9.46. The van der Waals surface area contributed by atoms with E-state index in [2.05, 4.69) is 4.72 Å². The molecule has 26 heavy (non-hydrogen) atoms. The van der Waals surface area contributed by atoms with Crippen molar-refractivity contribution in [2.45, 2.75) is 44.4 Å². The van der Waals surface area contributed by atoms with Crippen molar-refractivity contribution >= 4 is 38.9 Å². The van der Waals surface area contributed by atoms with Crippen LogP contribution in [0.4, 0.5) is 5.69 Å². The van der Waals surface area contributed by atoms with Gasteiger partial charge in [0.25, 0.3) is 10.0 Å². The quantitative estimate of drug-likeness (QED) is 0.640. The number of sulfonamides is 1. The lowest BCUT2D eigenvalue weighted by Crippen LogP contribution is -2.17. The largest absolute Gasteiger partial charge is 0.492 e. The van der Waals surface area contributed by atoms with Gasteiger partial charge in [-0.2, -0.15) is 0 Å². The van der Waals surface area contributed by atoms with Crippen molar-refractivity contribution in [2.24, 2.45) is 0 Å². The molecule has 2 aromatic carbocycles. The first-order valence-electron chi connectivity index (χ1n) is 8.30. The van der Waals surface area contributed by atoms with Crippen LogP contribution in [0.1, 0.15) is 39.7 Å². The summed E-state index contributed by atoms with van der Waals surface area (Å²) in [5.41, 5.74) is 1.04. The summed E-state index contributed by atoms with van der Waals surface area (Å²) in [6, 6.07) is 9.84. The summed E-state index contributed by atoms with van der Waals surface area (Å²) in [5.74, 6) is 0.326. The molecule has 0 unspecified atom stereocenters. The van der Waals surface area contributed by atoms with Crippen LogP contribution < -0.4 is 9.46 Å². The second-order valence-electron chi connectivity index (χ2n) is 6.99. The topological polar surface area (TPSA) is 55.4 Å². The summed E-state index contributed by atoms with van der Waals surface area (Å²) in [7, 11) is -3.86. The van der Waals surface area contributed by atoms with Gasteiger partial charge in [-0.05, 0) is 47.7 Å². The Kier molecular flexibility index (Phi) is 6.48. The first kappa shape index (κ1) is 20.9. The lowest BCUT2D eigenvalue weighted by atomic mass is 9.87. The summed E-state index contributed by atoms with van der Waals surface area (Å²) in [4.78, 5) is 0.101. The number of hydrogen-bond acceptors (Lipinski definition) is 3. The van der Waals surface area contributed by atoms with Gasteiger partial charge < -0.3 is 4.74 Å². The van der Waals surface area contributed by atoms with E-state index < -0.39 is 10.0 Å². The van der Waals surface area contributed by atoms with Gasteiger partial charge in [-0.15, -0.1) is 0 Å². The van der Waals surface area contributed by atoms with E-state index in [1.54, 1.807) is 24.3 Å². The van der Waals surface area contributed by atoms with Gasteiger partial charge in [0.1, 0.15) is 10.6 Å². The highest BCUT2D eigenvalue weighted by atomic mass is 35.5. The average Bonchev–Trinajstić information content (AvgIpc) is 2.55. The van der Waals surface area contributed by atoms with E-state index in [0.29, 0.717) is 23.1 Å². The van der Waals surface area contributed by atoms with Crippen molar-refractivity contribution in [1.82, 2.24) is 0 Å². The lowest BCUT2D eigenvalue weighted by molar-refractivity contribution is 0.309. The van der Waals surface area contributed by atoms with Gasteiger partial charge in [0.05, 0.1) is 22.3 Å². The van der Waals surface area contributed by atoms with E-state index in [-0.39, 0.29) is 15.3 Å². The molecule has 2 aromatic rings. The van der Waals surface area contributed by atoms with Crippen LogP contribution in [0.5, 0.6) is 5.75 Å². The van der Waals surface area contributed by atoms with Crippen LogP contribution in [0.25, 0.3) is 0 Å². The van der Waals surface area contributed by atoms with E-state index in [9.17, 15) is 8.42 Å². The molecule has 0 saturated heterocycles. The molecule has 0 aromatic heterocycles. The molecule has 142 valence electrons. The van der Waals surface area contributed by atoms with Crippen molar-refractivity contribution in [1.29, 1.82) is 0 Å². The smallest absolute Gasteiger partial charge is 0.265 e. The van der Waals surface area contributed by atoms with Gasteiger partial charge in [-0.1, -0.05) is 57.0 Å². The Morgan fingerprint density at radius 2 is 1.73 bits per heavy atom. The van der Waals surface area contributed by atoms with Crippen LogP contribution >= 0.6 is 23.2 Å². The first-order valence-corrected chi connectivity index (χ1v) is 10.5. The molecule has 0 aliphatic rings. The van der Waals surface area contributed by atoms with Gasteiger partial charge in [0.2, 0.25) is 0 Å². The van der Waals surface area contributed by atoms with Crippen molar-refractivity contribution in [3.63, 3.8) is 0 Å². The van der Waals surface area contributed by atoms with Crippen LogP contribution in [-0.2, 0) is 15.4 Å². The molecule has 1 N–H and O–H groups in total. The van der Waals surface area contributed by atoms with E-state index in [1.165, 1.54) is 6.07 Å². The van der Waals surface area contributed by atoms with E-state index in [1.807, 2.05) is 33.8 Å². The molecule has 0 radical (unpaired) electrons. The molecule has 7 heteroatoms. The molecular formula is C19H23Cl2NO3S. The third-order valence-corrected chi connectivity index (χ3v) is 5.87. The van der Waals surface area contributed by atoms with Gasteiger partial charge in [-0.25, -0.2) is 8.42 Å². The molecule has 2 rings (SSSR count). The normalized spacial score (nSPS) is 12.1. The molecule has 0 heterocycles. The average molecular weight is 416 g/mol. The number of ether oxygens (including phenoxy) is 1. The Labute approximate surface area is 165 Å². The number of anilines is 1. The van der Waals surface area contributed by atoms with E-state index in [4.69, 9.17) is 27.9 Å². The fourth-order valence-corrected chi connectivity index (χ4v) is 3.80. The Bertz CT molecular complexity index is 890. The van der Waals surface area contributed by atoms with Crippen LogP contribution in [-0.4, -0.2) is 15.0 Å². The number of benzene rings is 2. The van der Waals surface area contributed by atoms with Crippen LogP contribution in [0.15, 0.2) is 41.3 Å². The maximum atomic E-state index is 13.0. The molecule has 0 atom stereocenters. The second kappa shape index (κ2) is 8.07. The monoisotopic (exact) mass is 415 g/mol. The molecule has 0 fully saturated rings. The van der Waals surface area contributed by atoms with E-state index >= 15 is 0 Å². The maximum absolute atomic E-state index is 13.0. The third kappa shape index (κ3) is 5.06. The van der Waals surface area contributed by atoms with Gasteiger partial charge in [0, 0.05) is 0 Å². The molecular weight excluding hydrogens is 393 g/mol. The molecule has 0 bridgehead atoms. The molecule has 0 aliphatic heterocycles. The van der Waals surface area contributed by atoms with Crippen molar-refractivity contribution in [3.05, 3.63) is 52.0 Å². The molecule has 0 amide bonds. The van der Waals surface area contributed by atoms with Crippen molar-refractivity contribution in [3.8, 4) is 5.75 Å². The lowest BCUT2D eigenvalue weighted by Gasteiger charge is -2.21. The highest BCUT2D eigenvalue weighted by Gasteiger charge is 2.24. The Morgan fingerprint density at radius 1 is 1.04 bits per heavy atom. The zero-order valence-corrected chi connectivity index (χ0v) is 17.6. The maximum Gasteiger partial charge on any atom is 0.265 e. The third-order valence-electron chi connectivity index (χ3n) is 3.73. The van der Waals surface area contributed by atoms with Gasteiger partial charge >= 0.3 is 0 Å². The summed E-state index contributed by atoms with van der Waals surface area (Å²) in [6.45, 7) is 8.48. The highest BCUT2D eigenvalue weighted by molar-refractivity contribution is 7.92. The number of rotatable bonds is 6. The Morgan fingerprint density at radius 3 is 2.31 bits per heavy atom. The SMILES string of the molecule is CCCOc1ccc(C(C)(C)C)cc1S(=O)(=O)Nc1ccc(Cl)c(Cl)c1. The standard InChI is InChI=1S/C19H23Cl2NO3S/c1-5-10-25-17-9-6-13(19(2,3)4)11-18(17)26(23,24)22-14-7-8-15(20)16(21)12-14/h6-9,11-12,22H,5,10H2,1-4H3. The predicted molar refractivity (Wildman–Crippen MR) is 108 cm³/mol. The van der Waals surface area contributed by atoms with Gasteiger partial charge in [-0.3, -0.25) is 4.72 Å². The number of nitrogens with one attached hydrogen (secondary N) is 1. The Hall–Kier alpha value is -1.43. The van der Waals surface area contributed by atoms with Crippen molar-refractivity contribution < 1.29 is 13.2 Å². The minimum absolute atomic E-state index is 0.101. The zero-order valence-electron chi connectivity index (χ0n) is 15.3. The fourth-order valence-electron chi connectivity index (χ4n) is 2.29. The highest BCUT2D eigenvalue weighted by Crippen LogP contribution is 2.33. The summed E-state index contributed by atoms with van der Waals surface area (Å²) in [6.07, 6.45) is 0.779. The number of hydrogen-bond donors (Lipinski definition) is 1. The summed E-state index contributed by atoms with van der Waals surface area (Å²) in [5, 5.41) is 0.633. The molecule has 0 aliphatic carbocycles.